The Morgan fingerprint density at radius 2 is 1.82 bits per heavy atom. The number of anilines is 1. The van der Waals surface area contributed by atoms with Crippen LogP contribution in [0.25, 0.3) is 31.7 Å². The second kappa shape index (κ2) is 8.66. The molecule has 0 unspecified atom stereocenters. The van der Waals surface area contributed by atoms with E-state index >= 15 is 0 Å². The van der Waals surface area contributed by atoms with E-state index in [0.717, 1.165) is 27.0 Å². The molecule has 0 radical (unpaired) electrons. The van der Waals surface area contributed by atoms with Gasteiger partial charge in [-0.25, -0.2) is 9.97 Å². The first-order valence-corrected chi connectivity index (χ1v) is 11.9. The predicted molar refractivity (Wildman–Crippen MR) is 139 cm³/mol. The number of thiophene rings is 1. The van der Waals surface area contributed by atoms with Crippen LogP contribution < -0.4 is 10.9 Å². The molecule has 0 aliphatic rings. The smallest absolute Gasteiger partial charge is 0.271 e. The van der Waals surface area contributed by atoms with Crippen LogP contribution >= 0.6 is 22.9 Å². The Labute approximate surface area is 204 Å². The molecule has 0 aliphatic heterocycles. The molecule has 0 saturated carbocycles. The van der Waals surface area contributed by atoms with Crippen LogP contribution in [-0.2, 0) is 11.3 Å². The molecular weight excluding hydrogens is 468 g/mol. The van der Waals surface area contributed by atoms with Crippen LogP contribution in [0.15, 0.2) is 59.7 Å². The van der Waals surface area contributed by atoms with Gasteiger partial charge in [-0.15, -0.1) is 11.3 Å². The number of hydrogen-bond donors (Lipinski definition) is 1. The summed E-state index contributed by atoms with van der Waals surface area (Å²) in [5, 5.41) is 4.17. The molecule has 170 valence electrons. The summed E-state index contributed by atoms with van der Waals surface area (Å²) < 4.78 is 1.79. The van der Waals surface area contributed by atoms with E-state index in [9.17, 15) is 9.59 Å². The van der Waals surface area contributed by atoms with E-state index in [4.69, 9.17) is 16.6 Å². The van der Waals surface area contributed by atoms with Gasteiger partial charge in [-0.2, -0.15) is 0 Å². The summed E-state index contributed by atoms with van der Waals surface area (Å²) >= 11 is 7.43. The summed E-state index contributed by atoms with van der Waals surface area (Å²) in [4.78, 5) is 35.7. The lowest BCUT2D eigenvalue weighted by atomic mass is 10.0. The molecular formula is C26H21ClN4O2S. The van der Waals surface area contributed by atoms with E-state index in [0.29, 0.717) is 20.9 Å². The number of benzene rings is 2. The van der Waals surface area contributed by atoms with E-state index in [1.165, 1.54) is 33.4 Å². The normalized spacial score (nSPS) is 11.3. The van der Waals surface area contributed by atoms with Crippen molar-refractivity contribution in [2.45, 2.75) is 27.3 Å². The van der Waals surface area contributed by atoms with Gasteiger partial charge in [-0.05, 0) is 67.8 Å². The van der Waals surface area contributed by atoms with E-state index in [2.05, 4.69) is 42.3 Å². The first-order chi connectivity index (χ1) is 16.3. The molecule has 0 saturated heterocycles. The first kappa shape index (κ1) is 22.3. The third kappa shape index (κ3) is 4.08. The van der Waals surface area contributed by atoms with E-state index in [-0.39, 0.29) is 18.0 Å². The van der Waals surface area contributed by atoms with Gasteiger partial charge in [0, 0.05) is 21.7 Å². The second-order valence-electron chi connectivity index (χ2n) is 8.32. The Kier molecular flexibility index (Phi) is 5.67. The molecule has 1 amide bonds. The summed E-state index contributed by atoms with van der Waals surface area (Å²) in [6.45, 7) is 5.89. The molecule has 8 heteroatoms. The summed E-state index contributed by atoms with van der Waals surface area (Å²) in [6, 6.07) is 15.4. The number of rotatable bonds is 4. The molecule has 0 bridgehead atoms. The standard InChI is InChI=1S/C26H21ClN4O2S/c1-14-4-6-17(10-16(14)3)21-9-8-19-23-24(34-25(19)30-21)26(33)31(13-28-23)12-22(32)29-18-7-5-15(2)20(27)11-18/h4-11,13H,12H2,1-3H3,(H,29,32). The maximum Gasteiger partial charge on any atom is 0.271 e. The van der Waals surface area contributed by atoms with Crippen LogP contribution in [0.1, 0.15) is 16.7 Å². The zero-order valence-corrected chi connectivity index (χ0v) is 20.4. The Bertz CT molecular complexity index is 1650. The highest BCUT2D eigenvalue weighted by atomic mass is 35.5. The fourth-order valence-electron chi connectivity index (χ4n) is 3.75. The fraction of sp³-hybridized carbons (Fsp3) is 0.154. The first-order valence-electron chi connectivity index (χ1n) is 10.7. The lowest BCUT2D eigenvalue weighted by Crippen LogP contribution is -2.27. The number of halogens is 1. The minimum Gasteiger partial charge on any atom is -0.324 e. The largest absolute Gasteiger partial charge is 0.324 e. The number of amides is 1. The van der Waals surface area contributed by atoms with Crippen LogP contribution in [0.2, 0.25) is 5.02 Å². The number of aromatic nitrogens is 3. The van der Waals surface area contributed by atoms with Gasteiger partial charge in [0.05, 0.1) is 17.5 Å². The van der Waals surface area contributed by atoms with Gasteiger partial charge in [0.2, 0.25) is 5.91 Å². The third-order valence-corrected chi connectivity index (χ3v) is 7.37. The van der Waals surface area contributed by atoms with Crippen molar-refractivity contribution in [2.24, 2.45) is 0 Å². The van der Waals surface area contributed by atoms with Gasteiger partial charge >= 0.3 is 0 Å². The summed E-state index contributed by atoms with van der Waals surface area (Å²) in [6.07, 6.45) is 1.41. The molecule has 3 aromatic heterocycles. The number of pyridine rings is 1. The highest BCUT2D eigenvalue weighted by Crippen LogP contribution is 2.31. The van der Waals surface area contributed by atoms with Crippen molar-refractivity contribution >= 4 is 55.0 Å². The maximum atomic E-state index is 13.1. The SMILES string of the molecule is Cc1ccc(-c2ccc3c(n2)sc2c(=O)n(CC(=O)Nc4ccc(C)c(Cl)c4)cnc23)cc1C. The third-order valence-electron chi connectivity index (χ3n) is 5.88. The molecule has 6 nitrogen and oxygen atoms in total. The predicted octanol–water partition coefficient (Wildman–Crippen LogP) is 5.89. The van der Waals surface area contributed by atoms with Crippen LogP contribution in [-0.4, -0.2) is 20.4 Å². The van der Waals surface area contributed by atoms with Crippen LogP contribution in [0, 0.1) is 20.8 Å². The molecule has 5 aromatic rings. The molecule has 34 heavy (non-hydrogen) atoms. The highest BCUT2D eigenvalue weighted by Gasteiger charge is 2.15. The van der Waals surface area contributed by atoms with Crippen molar-refractivity contribution < 1.29 is 4.79 Å². The highest BCUT2D eigenvalue weighted by molar-refractivity contribution is 7.25. The van der Waals surface area contributed by atoms with Crippen molar-refractivity contribution in [2.75, 3.05) is 5.32 Å². The number of carbonyl (C=O) groups is 1. The van der Waals surface area contributed by atoms with Gasteiger partial charge in [-0.3, -0.25) is 14.2 Å². The second-order valence-corrected chi connectivity index (χ2v) is 9.72. The van der Waals surface area contributed by atoms with E-state index in [1.54, 1.807) is 12.1 Å². The molecule has 1 N–H and O–H groups in total. The Morgan fingerprint density at radius 3 is 2.59 bits per heavy atom. The molecule has 0 atom stereocenters. The van der Waals surface area contributed by atoms with Gasteiger partial charge in [0.1, 0.15) is 16.1 Å². The summed E-state index contributed by atoms with van der Waals surface area (Å²) in [7, 11) is 0. The number of fused-ring (bicyclic) bond motifs is 3. The van der Waals surface area contributed by atoms with Crippen LogP contribution in [0.4, 0.5) is 5.69 Å². The maximum absolute atomic E-state index is 13.1. The lowest BCUT2D eigenvalue weighted by molar-refractivity contribution is -0.116. The Balaban J connectivity index is 1.46. The average Bonchev–Trinajstić information content (AvgIpc) is 3.18. The minimum atomic E-state index is -0.334. The monoisotopic (exact) mass is 488 g/mol. The Morgan fingerprint density at radius 1 is 1.03 bits per heavy atom. The molecule has 3 heterocycles. The molecule has 2 aromatic carbocycles. The molecule has 5 rings (SSSR count). The number of nitrogens with one attached hydrogen (secondary N) is 1. The van der Waals surface area contributed by atoms with Crippen molar-refractivity contribution in [1.29, 1.82) is 0 Å². The molecule has 0 spiro atoms. The average molecular weight is 489 g/mol. The molecule has 0 fully saturated rings. The topological polar surface area (TPSA) is 76.9 Å². The number of carbonyl (C=O) groups excluding carboxylic acids is 1. The zero-order valence-electron chi connectivity index (χ0n) is 18.8. The van der Waals surface area contributed by atoms with E-state index < -0.39 is 0 Å². The van der Waals surface area contributed by atoms with Crippen molar-refractivity contribution in [1.82, 2.24) is 14.5 Å². The minimum absolute atomic E-state index is 0.150. The quantitative estimate of drug-likeness (QED) is 0.342. The van der Waals surface area contributed by atoms with Crippen molar-refractivity contribution in [3.8, 4) is 11.3 Å². The van der Waals surface area contributed by atoms with Gasteiger partial charge < -0.3 is 5.32 Å². The van der Waals surface area contributed by atoms with Crippen LogP contribution in [0.5, 0.6) is 0 Å². The summed E-state index contributed by atoms with van der Waals surface area (Å²) in [5.41, 5.74) is 6.14. The zero-order chi connectivity index (χ0) is 24.0. The number of aryl methyl sites for hydroxylation is 3. The van der Waals surface area contributed by atoms with Gasteiger partial charge in [-0.1, -0.05) is 29.8 Å². The lowest BCUT2D eigenvalue weighted by Gasteiger charge is -2.08. The molecule has 0 aliphatic carbocycles. The fourth-order valence-corrected chi connectivity index (χ4v) is 5.01. The van der Waals surface area contributed by atoms with Crippen LogP contribution in [0.3, 0.4) is 0 Å². The Hall–Kier alpha value is -3.55. The van der Waals surface area contributed by atoms with Crippen molar-refractivity contribution in [3.63, 3.8) is 0 Å². The van der Waals surface area contributed by atoms with E-state index in [1.807, 2.05) is 25.1 Å². The van der Waals surface area contributed by atoms with Gasteiger partial charge in [0.15, 0.2) is 0 Å². The number of nitrogens with zero attached hydrogens (tertiary/aromatic N) is 3. The van der Waals surface area contributed by atoms with Crippen molar-refractivity contribution in [3.05, 3.63) is 86.9 Å². The number of hydrogen-bond acceptors (Lipinski definition) is 5. The summed E-state index contributed by atoms with van der Waals surface area (Å²) in [5.74, 6) is -0.334. The van der Waals surface area contributed by atoms with Gasteiger partial charge in [0.25, 0.3) is 5.56 Å².